The van der Waals surface area contributed by atoms with Crippen LogP contribution in [0.2, 0.25) is 0 Å². The lowest BCUT2D eigenvalue weighted by molar-refractivity contribution is 0.566. The van der Waals surface area contributed by atoms with Gasteiger partial charge in [0.15, 0.2) is 0 Å². The number of nitrogens with zero attached hydrogens (tertiary/aromatic N) is 1. The number of fused-ring (bicyclic) bond motifs is 1. The van der Waals surface area contributed by atoms with Crippen LogP contribution in [0.25, 0.3) is 0 Å². The summed E-state index contributed by atoms with van der Waals surface area (Å²) in [4.78, 5) is 2.36. The van der Waals surface area contributed by atoms with Crippen molar-refractivity contribution in [3.05, 3.63) is 59.7 Å². The molecule has 0 saturated carbocycles. The Hall–Kier alpha value is -2.00. The SMILES string of the molecule is CCN(CC)c1ccc(C2NCc3ccccc3N2)cc1. The molecular formula is C18H23N3. The minimum atomic E-state index is 0.186. The second-order valence-corrected chi connectivity index (χ2v) is 5.38. The molecule has 1 atom stereocenters. The van der Waals surface area contributed by atoms with Crippen molar-refractivity contribution in [2.75, 3.05) is 23.3 Å². The monoisotopic (exact) mass is 281 g/mol. The van der Waals surface area contributed by atoms with E-state index in [-0.39, 0.29) is 6.17 Å². The maximum absolute atomic E-state index is 3.57. The topological polar surface area (TPSA) is 27.3 Å². The first-order valence-corrected chi connectivity index (χ1v) is 7.74. The Kier molecular flexibility index (Phi) is 4.11. The maximum Gasteiger partial charge on any atom is 0.103 e. The highest BCUT2D eigenvalue weighted by Gasteiger charge is 2.17. The van der Waals surface area contributed by atoms with Crippen LogP contribution < -0.4 is 15.5 Å². The fourth-order valence-electron chi connectivity index (χ4n) is 2.90. The van der Waals surface area contributed by atoms with Gasteiger partial charge in [0.1, 0.15) is 6.17 Å². The standard InChI is InChI=1S/C18H23N3/c1-3-21(4-2)16-11-9-14(10-12-16)18-19-13-15-7-5-6-8-17(15)20-18/h5-12,18-20H,3-4,13H2,1-2H3. The Morgan fingerprint density at radius 2 is 1.71 bits per heavy atom. The molecule has 21 heavy (non-hydrogen) atoms. The summed E-state index contributed by atoms with van der Waals surface area (Å²) in [7, 11) is 0. The summed E-state index contributed by atoms with van der Waals surface area (Å²) in [5, 5.41) is 7.11. The van der Waals surface area contributed by atoms with Crippen molar-refractivity contribution in [3.8, 4) is 0 Å². The van der Waals surface area contributed by atoms with Gasteiger partial charge in [0.2, 0.25) is 0 Å². The smallest absolute Gasteiger partial charge is 0.103 e. The quantitative estimate of drug-likeness (QED) is 0.894. The van der Waals surface area contributed by atoms with Crippen LogP contribution in [0.3, 0.4) is 0 Å². The molecule has 3 heteroatoms. The van der Waals surface area contributed by atoms with Crippen molar-refractivity contribution in [1.29, 1.82) is 0 Å². The Morgan fingerprint density at radius 1 is 1.00 bits per heavy atom. The van der Waals surface area contributed by atoms with E-state index in [0.29, 0.717) is 0 Å². The molecule has 2 aromatic carbocycles. The summed E-state index contributed by atoms with van der Waals surface area (Å²) < 4.78 is 0. The summed E-state index contributed by atoms with van der Waals surface area (Å²) >= 11 is 0. The lowest BCUT2D eigenvalue weighted by atomic mass is 10.1. The van der Waals surface area contributed by atoms with Crippen molar-refractivity contribution < 1.29 is 0 Å². The predicted molar refractivity (Wildman–Crippen MR) is 89.6 cm³/mol. The maximum atomic E-state index is 3.57. The van der Waals surface area contributed by atoms with E-state index < -0.39 is 0 Å². The molecule has 0 fully saturated rings. The van der Waals surface area contributed by atoms with E-state index >= 15 is 0 Å². The van der Waals surface area contributed by atoms with Crippen LogP contribution in [-0.4, -0.2) is 13.1 Å². The average Bonchev–Trinajstić information content (AvgIpc) is 2.56. The fourth-order valence-corrected chi connectivity index (χ4v) is 2.90. The molecule has 2 N–H and O–H groups in total. The fraction of sp³-hybridized carbons (Fsp3) is 0.333. The minimum Gasteiger partial charge on any atom is -0.372 e. The molecule has 1 heterocycles. The zero-order valence-corrected chi connectivity index (χ0v) is 12.8. The molecule has 1 aliphatic rings. The zero-order valence-electron chi connectivity index (χ0n) is 12.8. The predicted octanol–water partition coefficient (Wildman–Crippen LogP) is 3.75. The number of para-hydroxylation sites is 1. The second-order valence-electron chi connectivity index (χ2n) is 5.38. The van der Waals surface area contributed by atoms with Crippen LogP contribution in [0.4, 0.5) is 11.4 Å². The van der Waals surface area contributed by atoms with Gasteiger partial charge in [-0.1, -0.05) is 30.3 Å². The number of nitrogens with one attached hydrogen (secondary N) is 2. The molecule has 0 spiro atoms. The van der Waals surface area contributed by atoms with Gasteiger partial charge >= 0.3 is 0 Å². The molecule has 0 saturated heterocycles. The average molecular weight is 281 g/mol. The zero-order chi connectivity index (χ0) is 14.7. The molecule has 0 amide bonds. The molecule has 0 aliphatic carbocycles. The highest BCUT2D eigenvalue weighted by atomic mass is 15.1. The van der Waals surface area contributed by atoms with E-state index in [1.165, 1.54) is 22.5 Å². The van der Waals surface area contributed by atoms with Gasteiger partial charge in [-0.15, -0.1) is 0 Å². The van der Waals surface area contributed by atoms with Crippen LogP contribution in [0.1, 0.15) is 31.1 Å². The first-order chi connectivity index (χ1) is 10.3. The first-order valence-electron chi connectivity index (χ1n) is 7.74. The third-order valence-corrected chi connectivity index (χ3v) is 4.17. The van der Waals surface area contributed by atoms with Gasteiger partial charge in [-0.2, -0.15) is 0 Å². The number of rotatable bonds is 4. The van der Waals surface area contributed by atoms with Crippen molar-refractivity contribution in [2.45, 2.75) is 26.6 Å². The van der Waals surface area contributed by atoms with E-state index in [1.807, 2.05) is 0 Å². The van der Waals surface area contributed by atoms with E-state index in [1.54, 1.807) is 0 Å². The van der Waals surface area contributed by atoms with E-state index in [9.17, 15) is 0 Å². The Bertz CT molecular complexity index is 588. The van der Waals surface area contributed by atoms with Gasteiger partial charge in [-0.3, -0.25) is 5.32 Å². The third-order valence-electron chi connectivity index (χ3n) is 4.17. The Morgan fingerprint density at radius 3 is 2.43 bits per heavy atom. The largest absolute Gasteiger partial charge is 0.372 e. The lowest BCUT2D eigenvalue weighted by Gasteiger charge is -2.29. The summed E-state index contributed by atoms with van der Waals surface area (Å²) in [5.74, 6) is 0. The highest BCUT2D eigenvalue weighted by molar-refractivity contribution is 5.55. The molecule has 1 unspecified atom stereocenters. The van der Waals surface area contributed by atoms with E-state index in [0.717, 1.165) is 19.6 Å². The van der Waals surface area contributed by atoms with Gasteiger partial charge < -0.3 is 10.2 Å². The lowest BCUT2D eigenvalue weighted by Crippen LogP contribution is -2.32. The molecule has 1 aliphatic heterocycles. The number of hydrogen-bond acceptors (Lipinski definition) is 3. The molecule has 2 aromatic rings. The molecule has 0 aromatic heterocycles. The Balaban J connectivity index is 1.76. The van der Waals surface area contributed by atoms with Crippen LogP contribution in [0.5, 0.6) is 0 Å². The number of anilines is 2. The molecule has 0 radical (unpaired) electrons. The van der Waals surface area contributed by atoms with Crippen LogP contribution in [-0.2, 0) is 6.54 Å². The van der Waals surface area contributed by atoms with E-state index in [4.69, 9.17) is 0 Å². The molecule has 3 rings (SSSR count). The van der Waals surface area contributed by atoms with Crippen LogP contribution >= 0.6 is 0 Å². The molecule has 3 nitrogen and oxygen atoms in total. The van der Waals surface area contributed by atoms with E-state index in [2.05, 4.69) is 77.9 Å². The first kappa shape index (κ1) is 14.0. The van der Waals surface area contributed by atoms with Crippen LogP contribution in [0, 0.1) is 0 Å². The van der Waals surface area contributed by atoms with Gasteiger partial charge in [0.05, 0.1) is 0 Å². The van der Waals surface area contributed by atoms with Gasteiger partial charge in [0.25, 0.3) is 0 Å². The van der Waals surface area contributed by atoms with Crippen molar-refractivity contribution in [3.63, 3.8) is 0 Å². The Labute approximate surface area is 127 Å². The van der Waals surface area contributed by atoms with Gasteiger partial charge in [-0.05, 0) is 43.2 Å². The van der Waals surface area contributed by atoms with Crippen molar-refractivity contribution in [2.24, 2.45) is 0 Å². The van der Waals surface area contributed by atoms with Crippen LogP contribution in [0.15, 0.2) is 48.5 Å². The molecule has 0 bridgehead atoms. The van der Waals surface area contributed by atoms with Crippen molar-refractivity contribution >= 4 is 11.4 Å². The normalized spacial score (nSPS) is 17.0. The second kappa shape index (κ2) is 6.19. The van der Waals surface area contributed by atoms with Gasteiger partial charge in [-0.25, -0.2) is 0 Å². The summed E-state index contributed by atoms with van der Waals surface area (Å²) in [5.41, 5.74) is 5.13. The van der Waals surface area contributed by atoms with Crippen molar-refractivity contribution in [1.82, 2.24) is 5.32 Å². The number of hydrogen-bond donors (Lipinski definition) is 2. The molecular weight excluding hydrogens is 258 g/mol. The number of benzene rings is 2. The third kappa shape index (κ3) is 2.88. The molecule has 110 valence electrons. The highest BCUT2D eigenvalue weighted by Crippen LogP contribution is 2.27. The summed E-state index contributed by atoms with van der Waals surface area (Å²) in [6, 6.07) is 17.3. The minimum absolute atomic E-state index is 0.186. The summed E-state index contributed by atoms with van der Waals surface area (Å²) in [6.07, 6.45) is 0.186. The van der Waals surface area contributed by atoms with Gasteiger partial charge in [0, 0.05) is 31.0 Å². The summed E-state index contributed by atoms with van der Waals surface area (Å²) in [6.45, 7) is 7.38.